The highest BCUT2D eigenvalue weighted by Crippen LogP contribution is 2.24. The van der Waals surface area contributed by atoms with Crippen LogP contribution < -0.4 is 5.32 Å². The number of aromatic nitrogens is 2. The van der Waals surface area contributed by atoms with Crippen molar-refractivity contribution in [2.75, 3.05) is 6.54 Å². The topological polar surface area (TPSA) is 57.8 Å². The molecule has 0 bridgehead atoms. The van der Waals surface area contributed by atoms with Gasteiger partial charge in [-0.2, -0.15) is 0 Å². The largest absolute Gasteiger partial charge is 0.358 e. The molecule has 0 atom stereocenters. The molecule has 4 nitrogen and oxygen atoms in total. The molecule has 0 unspecified atom stereocenters. The zero-order valence-electron chi connectivity index (χ0n) is 13.0. The van der Waals surface area contributed by atoms with Crippen LogP contribution in [-0.2, 0) is 6.42 Å². The Morgan fingerprint density at radius 3 is 2.86 bits per heavy atom. The van der Waals surface area contributed by atoms with Crippen LogP contribution in [0.2, 0.25) is 0 Å². The van der Waals surface area contributed by atoms with Crippen LogP contribution >= 0.6 is 11.3 Å². The molecular weight excluding hydrogens is 294 g/mol. The van der Waals surface area contributed by atoms with Crippen molar-refractivity contribution in [2.24, 2.45) is 0 Å². The van der Waals surface area contributed by atoms with Crippen molar-refractivity contribution in [1.82, 2.24) is 15.3 Å². The second kappa shape index (κ2) is 5.93. The molecule has 3 rings (SSSR count). The SMILES string of the molecule is Cc1nc(CCNC(=O)c2cccc3c(C)c(C)[nH]c23)cs1. The van der Waals surface area contributed by atoms with E-state index < -0.39 is 0 Å². The minimum atomic E-state index is -0.0428. The summed E-state index contributed by atoms with van der Waals surface area (Å²) >= 11 is 1.64. The monoisotopic (exact) mass is 313 g/mol. The van der Waals surface area contributed by atoms with Gasteiger partial charge >= 0.3 is 0 Å². The number of H-pyrrole nitrogens is 1. The lowest BCUT2D eigenvalue weighted by atomic mass is 10.1. The number of para-hydroxylation sites is 1. The first-order chi connectivity index (χ1) is 10.6. The number of rotatable bonds is 4. The summed E-state index contributed by atoms with van der Waals surface area (Å²) in [5.74, 6) is -0.0428. The number of benzene rings is 1. The van der Waals surface area contributed by atoms with Gasteiger partial charge < -0.3 is 10.3 Å². The van der Waals surface area contributed by atoms with Gasteiger partial charge in [0, 0.05) is 29.4 Å². The van der Waals surface area contributed by atoms with Gasteiger partial charge in [0.2, 0.25) is 0 Å². The maximum absolute atomic E-state index is 12.4. The first-order valence-corrected chi connectivity index (χ1v) is 8.21. The molecule has 0 aliphatic carbocycles. The fourth-order valence-corrected chi connectivity index (χ4v) is 3.24. The van der Waals surface area contributed by atoms with Gasteiger partial charge in [-0.15, -0.1) is 11.3 Å². The van der Waals surface area contributed by atoms with Crippen LogP contribution in [0.1, 0.15) is 32.3 Å². The number of amides is 1. The Hall–Kier alpha value is -2.14. The summed E-state index contributed by atoms with van der Waals surface area (Å²) in [4.78, 5) is 20.1. The molecule has 2 heterocycles. The average Bonchev–Trinajstić information content (AvgIpc) is 3.03. The molecule has 0 spiro atoms. The third-order valence-corrected chi connectivity index (χ3v) is 4.74. The molecule has 3 aromatic rings. The van der Waals surface area contributed by atoms with Crippen LogP contribution in [0.25, 0.3) is 10.9 Å². The molecule has 0 aliphatic heterocycles. The van der Waals surface area contributed by atoms with Gasteiger partial charge in [-0.25, -0.2) is 4.98 Å². The van der Waals surface area contributed by atoms with E-state index in [2.05, 4.69) is 22.2 Å². The lowest BCUT2D eigenvalue weighted by Gasteiger charge is -2.05. The summed E-state index contributed by atoms with van der Waals surface area (Å²) < 4.78 is 0. The van der Waals surface area contributed by atoms with Crippen molar-refractivity contribution in [1.29, 1.82) is 0 Å². The molecule has 2 aromatic heterocycles. The van der Waals surface area contributed by atoms with Crippen LogP contribution in [0.3, 0.4) is 0 Å². The van der Waals surface area contributed by atoms with Crippen molar-refractivity contribution >= 4 is 28.1 Å². The van der Waals surface area contributed by atoms with E-state index in [4.69, 9.17) is 0 Å². The fraction of sp³-hybridized carbons (Fsp3) is 0.294. The third kappa shape index (κ3) is 2.76. The summed E-state index contributed by atoms with van der Waals surface area (Å²) in [6.45, 7) is 6.68. The van der Waals surface area contributed by atoms with Crippen molar-refractivity contribution in [3.05, 3.63) is 51.1 Å². The molecule has 0 radical (unpaired) electrons. The number of hydrogen-bond acceptors (Lipinski definition) is 3. The lowest BCUT2D eigenvalue weighted by Crippen LogP contribution is -2.26. The molecule has 0 aliphatic rings. The molecule has 0 saturated heterocycles. The Morgan fingerprint density at radius 2 is 2.14 bits per heavy atom. The van der Waals surface area contributed by atoms with E-state index in [0.717, 1.165) is 33.7 Å². The van der Waals surface area contributed by atoms with Gasteiger partial charge in [-0.3, -0.25) is 4.79 Å². The Kier molecular flexibility index (Phi) is 3.98. The van der Waals surface area contributed by atoms with Crippen LogP contribution in [-0.4, -0.2) is 22.4 Å². The van der Waals surface area contributed by atoms with E-state index >= 15 is 0 Å². The first-order valence-electron chi connectivity index (χ1n) is 7.33. The lowest BCUT2D eigenvalue weighted by molar-refractivity contribution is 0.0955. The Morgan fingerprint density at radius 1 is 1.32 bits per heavy atom. The molecule has 0 fully saturated rings. The molecule has 0 saturated carbocycles. The van der Waals surface area contributed by atoms with Gasteiger partial charge in [0.1, 0.15) is 0 Å². The summed E-state index contributed by atoms with van der Waals surface area (Å²) in [6.07, 6.45) is 0.759. The molecular formula is C17H19N3OS. The average molecular weight is 313 g/mol. The second-order valence-electron chi connectivity index (χ2n) is 5.47. The van der Waals surface area contributed by atoms with Gasteiger partial charge in [0.05, 0.1) is 21.8 Å². The minimum absolute atomic E-state index is 0.0428. The zero-order valence-corrected chi connectivity index (χ0v) is 13.8. The highest BCUT2D eigenvalue weighted by atomic mass is 32.1. The summed E-state index contributed by atoms with van der Waals surface area (Å²) in [7, 11) is 0. The van der Waals surface area contributed by atoms with Crippen molar-refractivity contribution < 1.29 is 4.79 Å². The Labute approximate surface area is 133 Å². The van der Waals surface area contributed by atoms with Crippen LogP contribution in [0.4, 0.5) is 0 Å². The van der Waals surface area contributed by atoms with Crippen LogP contribution in [0, 0.1) is 20.8 Å². The molecule has 114 valence electrons. The number of nitrogens with one attached hydrogen (secondary N) is 2. The number of fused-ring (bicyclic) bond motifs is 1. The predicted molar refractivity (Wildman–Crippen MR) is 90.7 cm³/mol. The molecule has 1 amide bonds. The zero-order chi connectivity index (χ0) is 15.7. The molecule has 1 aromatic carbocycles. The summed E-state index contributed by atoms with van der Waals surface area (Å²) in [6, 6.07) is 5.84. The highest BCUT2D eigenvalue weighted by molar-refractivity contribution is 7.09. The smallest absolute Gasteiger partial charge is 0.253 e. The van der Waals surface area contributed by atoms with E-state index in [1.807, 2.05) is 37.4 Å². The minimum Gasteiger partial charge on any atom is -0.358 e. The van der Waals surface area contributed by atoms with Crippen molar-refractivity contribution in [3.8, 4) is 0 Å². The highest BCUT2D eigenvalue weighted by Gasteiger charge is 2.13. The normalized spacial score (nSPS) is 11.0. The third-order valence-electron chi connectivity index (χ3n) is 3.92. The number of nitrogens with zero attached hydrogens (tertiary/aromatic N) is 1. The van der Waals surface area contributed by atoms with E-state index in [0.29, 0.717) is 12.1 Å². The quantitative estimate of drug-likeness (QED) is 0.774. The van der Waals surface area contributed by atoms with E-state index in [-0.39, 0.29) is 5.91 Å². The van der Waals surface area contributed by atoms with Gasteiger partial charge in [-0.05, 0) is 32.4 Å². The number of hydrogen-bond donors (Lipinski definition) is 2. The Balaban J connectivity index is 1.73. The van der Waals surface area contributed by atoms with Crippen LogP contribution in [0.15, 0.2) is 23.6 Å². The van der Waals surface area contributed by atoms with E-state index in [1.165, 1.54) is 5.56 Å². The molecule has 5 heteroatoms. The van der Waals surface area contributed by atoms with E-state index in [1.54, 1.807) is 11.3 Å². The van der Waals surface area contributed by atoms with Crippen molar-refractivity contribution in [2.45, 2.75) is 27.2 Å². The Bertz CT molecular complexity index is 832. The standard InChI is InChI=1S/C17H19N3OS/c1-10-11(2)19-16-14(10)5-4-6-15(16)17(21)18-8-7-13-9-22-12(3)20-13/h4-6,9,19H,7-8H2,1-3H3,(H,18,21). The first kappa shape index (κ1) is 14.8. The molecule has 2 N–H and O–H groups in total. The van der Waals surface area contributed by atoms with E-state index in [9.17, 15) is 4.79 Å². The maximum Gasteiger partial charge on any atom is 0.253 e. The van der Waals surface area contributed by atoms with Crippen molar-refractivity contribution in [3.63, 3.8) is 0 Å². The number of carbonyl (C=O) groups excluding carboxylic acids is 1. The second-order valence-corrected chi connectivity index (χ2v) is 6.53. The number of aryl methyl sites for hydroxylation is 3. The number of aromatic amines is 1. The predicted octanol–water partition coefficient (Wildman–Crippen LogP) is 3.52. The summed E-state index contributed by atoms with van der Waals surface area (Å²) in [5, 5.41) is 7.19. The fourth-order valence-electron chi connectivity index (χ4n) is 2.59. The summed E-state index contributed by atoms with van der Waals surface area (Å²) in [5.41, 5.74) is 4.95. The maximum atomic E-state index is 12.4. The van der Waals surface area contributed by atoms with Gasteiger partial charge in [0.25, 0.3) is 5.91 Å². The van der Waals surface area contributed by atoms with Gasteiger partial charge in [-0.1, -0.05) is 12.1 Å². The number of carbonyl (C=O) groups is 1. The van der Waals surface area contributed by atoms with Crippen LogP contribution in [0.5, 0.6) is 0 Å². The van der Waals surface area contributed by atoms with Gasteiger partial charge in [0.15, 0.2) is 0 Å². The molecule has 22 heavy (non-hydrogen) atoms. The number of thiazole rings is 1.